The highest BCUT2D eigenvalue weighted by Gasteiger charge is 2.47. The molecular weight excluding hydrogens is 504 g/mol. The van der Waals surface area contributed by atoms with Crippen molar-refractivity contribution in [3.05, 3.63) is 64.4 Å². The Kier molecular flexibility index (Phi) is 7.77. The average Bonchev–Trinajstić information content (AvgIpc) is 3.60. The van der Waals surface area contributed by atoms with Gasteiger partial charge in [-0.25, -0.2) is 13.8 Å². The molecule has 0 aliphatic carbocycles. The number of nitrogens with zero attached hydrogens (tertiary/aromatic N) is 3. The molecule has 11 heteroatoms. The smallest absolute Gasteiger partial charge is 0.268 e. The number of likely N-dealkylation sites (tertiary alicyclic amines) is 2. The van der Waals surface area contributed by atoms with Crippen LogP contribution >= 0.6 is 11.6 Å². The zero-order chi connectivity index (χ0) is 26.9. The Labute approximate surface area is 218 Å². The van der Waals surface area contributed by atoms with Gasteiger partial charge in [-0.15, -0.1) is 0 Å². The summed E-state index contributed by atoms with van der Waals surface area (Å²) in [6, 6.07) is 4.97. The third-order valence-electron chi connectivity index (χ3n) is 6.65. The van der Waals surface area contributed by atoms with Gasteiger partial charge in [0, 0.05) is 44.1 Å². The molecule has 2 unspecified atom stereocenters. The van der Waals surface area contributed by atoms with Gasteiger partial charge in [0.25, 0.3) is 5.91 Å². The van der Waals surface area contributed by atoms with E-state index in [0.29, 0.717) is 35.6 Å². The fourth-order valence-electron chi connectivity index (χ4n) is 4.98. The minimum absolute atomic E-state index is 0.0460. The Bertz CT molecular complexity index is 1350. The maximum absolute atomic E-state index is 14.4. The van der Waals surface area contributed by atoms with Gasteiger partial charge in [-0.1, -0.05) is 31.5 Å². The van der Waals surface area contributed by atoms with Crippen molar-refractivity contribution in [1.82, 2.24) is 25.1 Å². The first-order valence-corrected chi connectivity index (χ1v) is 12.5. The zero-order valence-corrected chi connectivity index (χ0v) is 21.5. The van der Waals surface area contributed by atoms with Crippen molar-refractivity contribution in [3.8, 4) is 0 Å². The van der Waals surface area contributed by atoms with Crippen LogP contribution in [0.25, 0.3) is 11.0 Å². The number of H-pyrrole nitrogens is 1. The molecule has 2 aromatic heterocycles. The molecular formula is C26H28ClF2N5O3. The molecule has 196 valence electrons. The summed E-state index contributed by atoms with van der Waals surface area (Å²) in [5.41, 5.74) is 0.718. The summed E-state index contributed by atoms with van der Waals surface area (Å²) in [5.74, 6) is -2.53. The molecule has 2 aliphatic rings. The first-order chi connectivity index (χ1) is 17.7. The lowest BCUT2D eigenvalue weighted by atomic mass is 10.0. The Balaban J connectivity index is 0.00000156. The lowest BCUT2D eigenvalue weighted by Gasteiger charge is -2.35. The number of rotatable bonds is 5. The highest BCUT2D eigenvalue weighted by atomic mass is 35.5. The minimum Gasteiger partial charge on any atom is -0.339 e. The molecule has 2 fully saturated rings. The fourth-order valence-corrected chi connectivity index (χ4v) is 5.14. The number of amides is 3. The van der Waals surface area contributed by atoms with Gasteiger partial charge in [0.1, 0.15) is 29.0 Å². The van der Waals surface area contributed by atoms with Crippen LogP contribution in [0.4, 0.5) is 8.78 Å². The van der Waals surface area contributed by atoms with Gasteiger partial charge >= 0.3 is 0 Å². The summed E-state index contributed by atoms with van der Waals surface area (Å²) in [6.45, 7) is 6.26. The van der Waals surface area contributed by atoms with Crippen molar-refractivity contribution in [2.24, 2.45) is 0 Å². The molecule has 3 amide bonds. The highest BCUT2D eigenvalue weighted by molar-refractivity contribution is 6.31. The van der Waals surface area contributed by atoms with Crippen molar-refractivity contribution in [2.45, 2.75) is 51.7 Å². The molecule has 37 heavy (non-hydrogen) atoms. The molecule has 2 N–H and O–H groups in total. The van der Waals surface area contributed by atoms with Gasteiger partial charge in [0.15, 0.2) is 0 Å². The fraction of sp³-hybridized carbons (Fsp3) is 0.385. The van der Waals surface area contributed by atoms with Crippen LogP contribution in [0.15, 0.2) is 36.5 Å². The number of pyridine rings is 1. The van der Waals surface area contributed by atoms with Crippen molar-refractivity contribution in [2.75, 3.05) is 13.1 Å². The van der Waals surface area contributed by atoms with Crippen LogP contribution in [0.3, 0.4) is 0 Å². The summed E-state index contributed by atoms with van der Waals surface area (Å²) < 4.78 is 27.8. The van der Waals surface area contributed by atoms with Crippen LogP contribution in [0.2, 0.25) is 5.02 Å². The van der Waals surface area contributed by atoms with Crippen molar-refractivity contribution in [3.63, 3.8) is 0 Å². The largest absolute Gasteiger partial charge is 0.339 e. The number of benzene rings is 1. The normalized spacial score (nSPS) is 19.0. The summed E-state index contributed by atoms with van der Waals surface area (Å²) in [4.78, 5) is 48.9. The van der Waals surface area contributed by atoms with Crippen LogP contribution in [0.5, 0.6) is 0 Å². The van der Waals surface area contributed by atoms with E-state index in [0.717, 1.165) is 12.1 Å². The summed E-state index contributed by atoms with van der Waals surface area (Å²) in [5, 5.41) is 3.74. The van der Waals surface area contributed by atoms with Crippen LogP contribution in [-0.2, 0) is 16.0 Å². The van der Waals surface area contributed by atoms with Crippen LogP contribution in [0.1, 0.15) is 43.2 Å². The molecule has 2 saturated heterocycles. The molecule has 8 nitrogen and oxygen atoms in total. The van der Waals surface area contributed by atoms with Gasteiger partial charge in [0.2, 0.25) is 11.8 Å². The molecule has 3 atom stereocenters. The Hall–Kier alpha value is -3.53. The third-order valence-corrected chi connectivity index (χ3v) is 6.86. The Morgan fingerprint density at radius 3 is 2.49 bits per heavy atom. The quantitative estimate of drug-likeness (QED) is 0.524. The van der Waals surface area contributed by atoms with Crippen molar-refractivity contribution < 1.29 is 23.2 Å². The van der Waals surface area contributed by atoms with Crippen LogP contribution < -0.4 is 5.32 Å². The number of aromatic amines is 1. The maximum atomic E-state index is 14.4. The van der Waals surface area contributed by atoms with E-state index in [4.69, 9.17) is 11.6 Å². The van der Waals surface area contributed by atoms with E-state index in [1.54, 1.807) is 21.9 Å². The molecule has 0 radical (unpaired) electrons. The summed E-state index contributed by atoms with van der Waals surface area (Å²) in [7, 11) is 0. The maximum Gasteiger partial charge on any atom is 0.268 e. The molecule has 0 spiro atoms. The third kappa shape index (κ3) is 5.44. The molecule has 2 aliphatic heterocycles. The van der Waals surface area contributed by atoms with Crippen molar-refractivity contribution >= 4 is 40.4 Å². The number of piperazine rings is 1. The molecule has 1 aromatic carbocycles. The van der Waals surface area contributed by atoms with Gasteiger partial charge in [-0.05, 0) is 30.2 Å². The molecule has 0 saturated carbocycles. The van der Waals surface area contributed by atoms with Gasteiger partial charge < -0.3 is 20.1 Å². The van der Waals surface area contributed by atoms with E-state index in [9.17, 15) is 23.2 Å². The van der Waals surface area contributed by atoms with Crippen LogP contribution in [0, 0.1) is 11.6 Å². The number of carbonyl (C=O) groups excluding carboxylic acids is 3. The predicted octanol–water partition coefficient (Wildman–Crippen LogP) is 3.69. The lowest BCUT2D eigenvalue weighted by molar-refractivity contribution is -0.140. The minimum atomic E-state index is -1.10. The van der Waals surface area contributed by atoms with E-state index < -0.39 is 23.6 Å². The Morgan fingerprint density at radius 2 is 1.84 bits per heavy atom. The SMILES string of the molecule is CC.CC(=O)N1CC2CC1CN2C(=O)[C@@H](Cc1ccc(F)cc1F)NC(=O)c1cc2cc(Cl)cnc2[nH]1. The molecule has 2 bridgehead atoms. The lowest BCUT2D eigenvalue weighted by Crippen LogP contribution is -2.56. The summed E-state index contributed by atoms with van der Waals surface area (Å²) >= 11 is 5.97. The number of nitrogens with one attached hydrogen (secondary N) is 2. The standard InChI is InChI=1S/C24H22ClF2N5O3.C2H6/c1-12(33)31-10-18-8-17(31)11-32(18)24(35)21(5-13-2-3-16(26)7-19(13)27)30-23(34)20-6-14-4-15(25)9-28-22(14)29-20;1-2/h2-4,6-7,9,17-18,21H,5,8,10-11H2,1H3,(H,28,29)(H,30,34);1-2H3/t17?,18?,21-;/m1./s1. The second kappa shape index (κ2) is 10.8. The van der Waals surface area contributed by atoms with E-state index >= 15 is 0 Å². The predicted molar refractivity (Wildman–Crippen MR) is 135 cm³/mol. The van der Waals surface area contributed by atoms with E-state index in [1.165, 1.54) is 19.2 Å². The van der Waals surface area contributed by atoms with E-state index in [-0.39, 0.29) is 41.6 Å². The van der Waals surface area contributed by atoms with Gasteiger partial charge in [-0.2, -0.15) is 0 Å². The first kappa shape index (κ1) is 26.5. The molecule has 3 aromatic rings. The number of carbonyl (C=O) groups is 3. The number of aromatic nitrogens is 2. The average molecular weight is 532 g/mol. The number of fused-ring (bicyclic) bond motifs is 3. The van der Waals surface area contributed by atoms with E-state index in [2.05, 4.69) is 15.3 Å². The second-order valence-corrected chi connectivity index (χ2v) is 9.38. The second-order valence-electron chi connectivity index (χ2n) is 8.95. The molecule has 4 heterocycles. The topological polar surface area (TPSA) is 98.4 Å². The monoisotopic (exact) mass is 531 g/mol. The van der Waals surface area contributed by atoms with Gasteiger partial charge in [-0.3, -0.25) is 14.4 Å². The first-order valence-electron chi connectivity index (χ1n) is 12.2. The van der Waals surface area contributed by atoms with Crippen LogP contribution in [-0.4, -0.2) is 68.7 Å². The van der Waals surface area contributed by atoms with Gasteiger partial charge in [0.05, 0.1) is 17.1 Å². The Morgan fingerprint density at radius 1 is 1.14 bits per heavy atom. The molecule has 5 rings (SSSR count). The number of hydrogen-bond acceptors (Lipinski definition) is 4. The summed E-state index contributed by atoms with van der Waals surface area (Å²) in [6.07, 6.45) is 1.94. The van der Waals surface area contributed by atoms with Crippen molar-refractivity contribution in [1.29, 1.82) is 0 Å². The zero-order valence-electron chi connectivity index (χ0n) is 20.7. The number of hydrogen-bond donors (Lipinski definition) is 2. The number of halogens is 3. The van der Waals surface area contributed by atoms with E-state index in [1.807, 2.05) is 13.8 Å². The highest BCUT2D eigenvalue weighted by Crippen LogP contribution is 2.31.